The molecular formula is C13H19N3O2. The minimum absolute atomic E-state index is 0.129. The predicted octanol–water partition coefficient (Wildman–Crippen LogP) is 1.11. The molecule has 0 aliphatic rings. The summed E-state index contributed by atoms with van der Waals surface area (Å²) in [5.74, 6) is -0.614. The van der Waals surface area contributed by atoms with Gasteiger partial charge >= 0.3 is 0 Å². The Labute approximate surface area is 107 Å². The number of carbonyl (C=O) groups excluding carboxylic acids is 2. The first-order valence-corrected chi connectivity index (χ1v) is 5.83. The fraction of sp³-hybridized carbons (Fsp3) is 0.385. The highest BCUT2D eigenvalue weighted by atomic mass is 16.2. The van der Waals surface area contributed by atoms with Crippen molar-refractivity contribution in [1.29, 1.82) is 0 Å². The summed E-state index contributed by atoms with van der Waals surface area (Å²) in [5, 5.41) is 5.86. The Bertz CT molecular complexity index is 438. The van der Waals surface area contributed by atoms with Crippen LogP contribution in [0, 0.1) is 0 Å². The summed E-state index contributed by atoms with van der Waals surface area (Å²) in [6.45, 7) is 6.27. The molecule has 0 unspecified atom stereocenters. The molecule has 0 bridgehead atoms. The van der Waals surface area contributed by atoms with Gasteiger partial charge in [0, 0.05) is 11.3 Å². The molecule has 0 saturated carbocycles. The van der Waals surface area contributed by atoms with E-state index in [9.17, 15) is 9.59 Å². The third kappa shape index (κ3) is 3.56. The van der Waals surface area contributed by atoms with E-state index in [-0.39, 0.29) is 5.91 Å². The first-order chi connectivity index (χ1) is 8.36. The molecule has 0 aliphatic carbocycles. The van der Waals surface area contributed by atoms with Crippen LogP contribution >= 0.6 is 0 Å². The number of likely N-dealkylation sites (N-methyl/N-ethyl adjacent to an activating group) is 1. The highest BCUT2D eigenvalue weighted by molar-refractivity contribution is 5.98. The van der Waals surface area contributed by atoms with Crippen LogP contribution in [0.5, 0.6) is 0 Å². The van der Waals surface area contributed by atoms with E-state index >= 15 is 0 Å². The van der Waals surface area contributed by atoms with Crippen molar-refractivity contribution in [2.75, 3.05) is 11.9 Å². The Kier molecular flexibility index (Phi) is 4.44. The zero-order valence-corrected chi connectivity index (χ0v) is 10.9. The van der Waals surface area contributed by atoms with Gasteiger partial charge < -0.3 is 16.4 Å². The van der Waals surface area contributed by atoms with Crippen LogP contribution in [0.1, 0.15) is 31.1 Å². The Morgan fingerprint density at radius 3 is 2.22 bits per heavy atom. The maximum absolute atomic E-state index is 12.0. The van der Waals surface area contributed by atoms with Crippen molar-refractivity contribution in [3.8, 4) is 0 Å². The molecule has 5 nitrogen and oxygen atoms in total. The number of nitrogens with one attached hydrogen (secondary N) is 2. The van der Waals surface area contributed by atoms with Gasteiger partial charge in [-0.2, -0.15) is 0 Å². The Morgan fingerprint density at radius 2 is 1.78 bits per heavy atom. The molecule has 0 atom stereocenters. The van der Waals surface area contributed by atoms with E-state index in [4.69, 9.17) is 5.73 Å². The lowest BCUT2D eigenvalue weighted by molar-refractivity contribution is -0.121. The summed E-state index contributed by atoms with van der Waals surface area (Å²) in [6.07, 6.45) is 0. The van der Waals surface area contributed by atoms with Gasteiger partial charge in [0.1, 0.15) is 0 Å². The van der Waals surface area contributed by atoms with E-state index < -0.39 is 11.4 Å². The van der Waals surface area contributed by atoms with E-state index in [0.29, 0.717) is 17.8 Å². The van der Waals surface area contributed by atoms with Crippen LogP contribution in [0.4, 0.5) is 5.69 Å². The minimum atomic E-state index is -0.642. The van der Waals surface area contributed by atoms with Gasteiger partial charge in [0.15, 0.2) is 0 Å². The summed E-state index contributed by atoms with van der Waals surface area (Å²) in [5.41, 5.74) is 5.55. The van der Waals surface area contributed by atoms with Crippen molar-refractivity contribution in [2.24, 2.45) is 5.73 Å². The van der Waals surface area contributed by atoms with Crippen molar-refractivity contribution in [3.05, 3.63) is 29.8 Å². The van der Waals surface area contributed by atoms with Crippen molar-refractivity contribution in [1.82, 2.24) is 5.32 Å². The molecule has 0 radical (unpaired) electrons. The number of carbonyl (C=O) groups is 2. The number of hydrogen-bond donors (Lipinski definition) is 3. The van der Waals surface area contributed by atoms with Crippen molar-refractivity contribution >= 4 is 17.5 Å². The average molecular weight is 249 g/mol. The molecule has 2 amide bonds. The fourth-order valence-electron chi connectivity index (χ4n) is 1.53. The van der Waals surface area contributed by atoms with Crippen LogP contribution in [0.25, 0.3) is 0 Å². The number of nitrogens with two attached hydrogens (primary N) is 1. The summed E-state index contributed by atoms with van der Waals surface area (Å²) in [4.78, 5) is 22.9. The van der Waals surface area contributed by atoms with Gasteiger partial charge in [-0.25, -0.2) is 0 Å². The normalized spacial score (nSPS) is 11.1. The predicted molar refractivity (Wildman–Crippen MR) is 71.3 cm³/mol. The topological polar surface area (TPSA) is 84.2 Å². The molecule has 1 aromatic carbocycles. The van der Waals surface area contributed by atoms with E-state index in [1.807, 2.05) is 20.8 Å². The summed E-state index contributed by atoms with van der Waals surface area (Å²) < 4.78 is 0. The van der Waals surface area contributed by atoms with Gasteiger partial charge in [0.05, 0.1) is 5.54 Å². The fourth-order valence-corrected chi connectivity index (χ4v) is 1.53. The van der Waals surface area contributed by atoms with Crippen LogP contribution in [0.3, 0.4) is 0 Å². The Morgan fingerprint density at radius 1 is 1.22 bits per heavy atom. The number of amides is 2. The second-order valence-corrected chi connectivity index (χ2v) is 4.55. The molecule has 0 fully saturated rings. The molecule has 1 aromatic rings. The van der Waals surface area contributed by atoms with Gasteiger partial charge in [-0.15, -0.1) is 0 Å². The summed E-state index contributed by atoms with van der Waals surface area (Å²) in [6, 6.07) is 6.47. The molecule has 1 rings (SSSR count). The SMILES string of the molecule is CCNC(C)(C)C(=O)Nc1ccc(C(N)=O)cc1. The lowest BCUT2D eigenvalue weighted by atomic mass is 10.0. The zero-order chi connectivity index (χ0) is 13.8. The summed E-state index contributed by atoms with van der Waals surface area (Å²) >= 11 is 0. The first-order valence-electron chi connectivity index (χ1n) is 5.83. The van der Waals surface area contributed by atoms with Crippen LogP contribution in [0.2, 0.25) is 0 Å². The molecule has 4 N–H and O–H groups in total. The molecule has 0 aliphatic heterocycles. The average Bonchev–Trinajstić information content (AvgIpc) is 2.29. The Balaban J connectivity index is 2.73. The lowest BCUT2D eigenvalue weighted by Gasteiger charge is -2.24. The van der Waals surface area contributed by atoms with E-state index in [1.165, 1.54) is 0 Å². The van der Waals surface area contributed by atoms with E-state index in [0.717, 1.165) is 0 Å². The monoisotopic (exact) mass is 249 g/mol. The number of anilines is 1. The first kappa shape index (κ1) is 14.2. The van der Waals surface area contributed by atoms with Crippen molar-refractivity contribution in [3.63, 3.8) is 0 Å². The molecule has 5 heteroatoms. The molecule has 0 aromatic heterocycles. The van der Waals surface area contributed by atoms with E-state index in [1.54, 1.807) is 24.3 Å². The molecule has 0 saturated heterocycles. The van der Waals surface area contributed by atoms with Gasteiger partial charge in [0.25, 0.3) is 0 Å². The quantitative estimate of drug-likeness (QED) is 0.731. The Hall–Kier alpha value is -1.88. The van der Waals surface area contributed by atoms with Crippen molar-refractivity contribution in [2.45, 2.75) is 26.3 Å². The van der Waals surface area contributed by atoms with Crippen LogP contribution < -0.4 is 16.4 Å². The maximum Gasteiger partial charge on any atom is 0.248 e. The molecule has 0 spiro atoms. The van der Waals surface area contributed by atoms with E-state index in [2.05, 4.69) is 10.6 Å². The van der Waals surface area contributed by atoms with Gasteiger partial charge in [-0.1, -0.05) is 6.92 Å². The van der Waals surface area contributed by atoms with Gasteiger partial charge in [-0.05, 0) is 44.7 Å². The second-order valence-electron chi connectivity index (χ2n) is 4.55. The largest absolute Gasteiger partial charge is 0.366 e. The van der Waals surface area contributed by atoms with Crippen LogP contribution in [-0.2, 0) is 4.79 Å². The standard InChI is InChI=1S/C13H19N3O2/c1-4-15-13(2,3)12(18)16-10-7-5-9(6-8-10)11(14)17/h5-8,15H,4H2,1-3H3,(H2,14,17)(H,16,18). The van der Waals surface area contributed by atoms with Crippen LogP contribution in [0.15, 0.2) is 24.3 Å². The third-order valence-electron chi connectivity index (χ3n) is 2.61. The molecule has 18 heavy (non-hydrogen) atoms. The van der Waals surface area contributed by atoms with Crippen LogP contribution in [-0.4, -0.2) is 23.9 Å². The number of rotatable bonds is 5. The van der Waals surface area contributed by atoms with Gasteiger partial charge in [-0.3, -0.25) is 9.59 Å². The molecule has 0 heterocycles. The highest BCUT2D eigenvalue weighted by Gasteiger charge is 2.25. The maximum atomic E-state index is 12.0. The minimum Gasteiger partial charge on any atom is -0.366 e. The summed E-state index contributed by atoms with van der Waals surface area (Å²) in [7, 11) is 0. The highest BCUT2D eigenvalue weighted by Crippen LogP contribution is 2.12. The lowest BCUT2D eigenvalue weighted by Crippen LogP contribution is -2.49. The zero-order valence-electron chi connectivity index (χ0n) is 10.9. The van der Waals surface area contributed by atoms with Gasteiger partial charge in [0.2, 0.25) is 11.8 Å². The third-order valence-corrected chi connectivity index (χ3v) is 2.61. The smallest absolute Gasteiger partial charge is 0.248 e. The number of hydrogen-bond acceptors (Lipinski definition) is 3. The second kappa shape index (κ2) is 5.64. The van der Waals surface area contributed by atoms with Crippen molar-refractivity contribution < 1.29 is 9.59 Å². The molecule has 98 valence electrons. The number of primary amides is 1. The number of benzene rings is 1. The molecular weight excluding hydrogens is 230 g/mol.